The van der Waals surface area contributed by atoms with Gasteiger partial charge in [0.05, 0.1) is 0 Å². The van der Waals surface area contributed by atoms with Crippen molar-refractivity contribution >= 4 is 21.4 Å². The van der Waals surface area contributed by atoms with Crippen molar-refractivity contribution in [3.8, 4) is 0 Å². The molecule has 0 bridgehead atoms. The second kappa shape index (κ2) is 7.81. The van der Waals surface area contributed by atoms with Crippen molar-refractivity contribution in [3.63, 3.8) is 0 Å². The smallest absolute Gasteiger partial charge is 0.377 e. The predicted octanol–water partition coefficient (Wildman–Crippen LogP) is 1.96. The van der Waals surface area contributed by atoms with Crippen molar-refractivity contribution in [1.82, 2.24) is 0 Å². The van der Waals surface area contributed by atoms with Crippen molar-refractivity contribution in [2.24, 2.45) is 0 Å². The summed E-state index contributed by atoms with van der Waals surface area (Å²) in [6.45, 7) is 5.21. The maximum atomic E-state index is 5.58. The summed E-state index contributed by atoms with van der Waals surface area (Å²) in [4.78, 5) is 0. The van der Waals surface area contributed by atoms with Crippen LogP contribution in [0.25, 0.3) is 0 Å². The van der Waals surface area contributed by atoms with Crippen molar-refractivity contribution in [1.29, 1.82) is 0 Å². The standard InChI is InChI=1S/C8H20O3SSi/c1-4-10-13(9-3,11-5-2)8-6-7-12/h12H,4-8H2,1-3H3. The summed E-state index contributed by atoms with van der Waals surface area (Å²) in [6.07, 6.45) is 0.975. The largest absolute Gasteiger partial charge is 0.500 e. The molecule has 0 aromatic carbocycles. The zero-order valence-electron chi connectivity index (χ0n) is 8.71. The molecule has 0 heterocycles. The number of thiol groups is 1. The van der Waals surface area contributed by atoms with E-state index in [1.54, 1.807) is 7.11 Å². The van der Waals surface area contributed by atoms with Crippen LogP contribution in [-0.4, -0.2) is 34.9 Å². The first-order valence-electron chi connectivity index (χ1n) is 4.68. The molecule has 0 aromatic rings. The Morgan fingerprint density at radius 3 is 2.00 bits per heavy atom. The van der Waals surface area contributed by atoms with Gasteiger partial charge in [-0.05, 0) is 26.0 Å². The Labute approximate surface area is 87.5 Å². The van der Waals surface area contributed by atoms with E-state index < -0.39 is 8.80 Å². The van der Waals surface area contributed by atoms with Gasteiger partial charge in [-0.15, -0.1) is 0 Å². The van der Waals surface area contributed by atoms with Gasteiger partial charge in [0.2, 0.25) is 0 Å². The van der Waals surface area contributed by atoms with Crippen LogP contribution < -0.4 is 0 Å². The average molecular weight is 224 g/mol. The van der Waals surface area contributed by atoms with Gasteiger partial charge in [-0.25, -0.2) is 0 Å². The van der Waals surface area contributed by atoms with E-state index in [-0.39, 0.29) is 0 Å². The molecule has 0 aliphatic heterocycles. The lowest BCUT2D eigenvalue weighted by molar-refractivity contribution is 0.0866. The fraction of sp³-hybridized carbons (Fsp3) is 1.00. The summed E-state index contributed by atoms with van der Waals surface area (Å²) >= 11 is 4.16. The number of hydrogen-bond donors (Lipinski definition) is 1. The summed E-state index contributed by atoms with van der Waals surface area (Å²) in [5.74, 6) is 0.845. The molecule has 80 valence electrons. The van der Waals surface area contributed by atoms with Crippen molar-refractivity contribution in [2.45, 2.75) is 26.3 Å². The lowest BCUT2D eigenvalue weighted by Gasteiger charge is -2.26. The van der Waals surface area contributed by atoms with E-state index in [4.69, 9.17) is 13.3 Å². The first kappa shape index (κ1) is 13.4. The molecule has 0 spiro atoms. The van der Waals surface area contributed by atoms with Crippen LogP contribution in [0, 0.1) is 0 Å². The molecule has 0 saturated heterocycles. The Balaban J connectivity index is 4.07. The molecule has 0 N–H and O–H groups in total. The normalized spacial score (nSPS) is 12.0. The summed E-state index contributed by atoms with van der Waals surface area (Å²) in [5, 5.41) is 0. The molecule has 0 aromatic heterocycles. The van der Waals surface area contributed by atoms with Crippen molar-refractivity contribution in [2.75, 3.05) is 26.1 Å². The molecule has 0 atom stereocenters. The van der Waals surface area contributed by atoms with Crippen LogP contribution >= 0.6 is 12.6 Å². The molecule has 0 aliphatic rings. The number of hydrogen-bond acceptors (Lipinski definition) is 4. The summed E-state index contributed by atoms with van der Waals surface area (Å²) in [7, 11) is -0.677. The highest BCUT2D eigenvalue weighted by Gasteiger charge is 2.38. The zero-order valence-corrected chi connectivity index (χ0v) is 10.6. The van der Waals surface area contributed by atoms with Crippen LogP contribution in [0.15, 0.2) is 0 Å². The topological polar surface area (TPSA) is 27.7 Å². The van der Waals surface area contributed by atoms with Crippen LogP contribution in [0.5, 0.6) is 0 Å². The minimum absolute atomic E-state index is 0.645. The van der Waals surface area contributed by atoms with E-state index in [9.17, 15) is 0 Å². The number of rotatable bonds is 8. The third-order valence-corrected chi connectivity index (χ3v) is 5.04. The van der Waals surface area contributed by atoms with Gasteiger partial charge in [0.25, 0.3) is 0 Å². The van der Waals surface area contributed by atoms with E-state index in [2.05, 4.69) is 12.6 Å². The van der Waals surface area contributed by atoms with Gasteiger partial charge in [-0.3, -0.25) is 0 Å². The zero-order chi connectivity index (χ0) is 10.2. The first-order chi connectivity index (χ1) is 6.24. The third-order valence-electron chi connectivity index (χ3n) is 1.68. The quantitative estimate of drug-likeness (QED) is 0.504. The second-order valence-corrected chi connectivity index (χ2v) is 5.88. The molecular formula is C8H20O3SSi. The lowest BCUT2D eigenvalue weighted by Crippen LogP contribution is -2.44. The Kier molecular flexibility index (Phi) is 8.08. The first-order valence-corrected chi connectivity index (χ1v) is 7.25. The maximum Gasteiger partial charge on any atom is 0.500 e. The Morgan fingerprint density at radius 2 is 1.69 bits per heavy atom. The van der Waals surface area contributed by atoms with Gasteiger partial charge in [0.15, 0.2) is 0 Å². The van der Waals surface area contributed by atoms with E-state index in [0.29, 0.717) is 13.2 Å². The van der Waals surface area contributed by atoms with E-state index in [1.165, 1.54) is 0 Å². The lowest BCUT2D eigenvalue weighted by atomic mass is 10.6. The van der Waals surface area contributed by atoms with Gasteiger partial charge in [0, 0.05) is 26.4 Å². The molecule has 5 heteroatoms. The fourth-order valence-corrected chi connectivity index (χ4v) is 3.90. The van der Waals surface area contributed by atoms with Crippen LogP contribution in [0.3, 0.4) is 0 Å². The molecule has 0 saturated carbocycles. The molecule has 0 unspecified atom stereocenters. The van der Waals surface area contributed by atoms with Crippen LogP contribution in [0.1, 0.15) is 20.3 Å². The summed E-state index contributed by atoms with van der Waals surface area (Å²) in [5.41, 5.74) is 0. The van der Waals surface area contributed by atoms with Crippen LogP contribution in [0.4, 0.5) is 0 Å². The molecular weight excluding hydrogens is 204 g/mol. The highest BCUT2D eigenvalue weighted by atomic mass is 32.1. The van der Waals surface area contributed by atoms with Crippen molar-refractivity contribution < 1.29 is 13.3 Å². The maximum absolute atomic E-state index is 5.58. The molecule has 0 aliphatic carbocycles. The molecule has 0 fully saturated rings. The molecule has 3 nitrogen and oxygen atoms in total. The second-order valence-electron chi connectivity index (χ2n) is 2.58. The minimum atomic E-state index is -2.34. The SMILES string of the molecule is CCO[Si](CCCS)(OC)OCC. The van der Waals surface area contributed by atoms with Crippen LogP contribution in [-0.2, 0) is 13.3 Å². The Morgan fingerprint density at radius 1 is 1.15 bits per heavy atom. The Bertz CT molecular complexity index is 118. The summed E-state index contributed by atoms with van der Waals surface area (Å²) in [6, 6.07) is 0.856. The summed E-state index contributed by atoms with van der Waals surface area (Å²) < 4.78 is 16.5. The van der Waals surface area contributed by atoms with Crippen molar-refractivity contribution in [3.05, 3.63) is 0 Å². The van der Waals surface area contributed by atoms with Gasteiger partial charge in [-0.2, -0.15) is 12.6 Å². The highest BCUT2D eigenvalue weighted by molar-refractivity contribution is 7.80. The van der Waals surface area contributed by atoms with Crippen LogP contribution in [0.2, 0.25) is 6.04 Å². The Hall–Kier alpha value is 0.447. The highest BCUT2D eigenvalue weighted by Crippen LogP contribution is 2.17. The average Bonchev–Trinajstić information content (AvgIpc) is 2.15. The van der Waals surface area contributed by atoms with E-state index in [1.807, 2.05) is 13.8 Å². The van der Waals surface area contributed by atoms with E-state index >= 15 is 0 Å². The third kappa shape index (κ3) is 5.02. The predicted molar refractivity (Wildman–Crippen MR) is 59.3 cm³/mol. The molecule has 0 amide bonds. The molecule has 0 rings (SSSR count). The van der Waals surface area contributed by atoms with Gasteiger partial charge in [0.1, 0.15) is 0 Å². The van der Waals surface area contributed by atoms with Gasteiger partial charge >= 0.3 is 8.80 Å². The molecule has 0 radical (unpaired) electrons. The fourth-order valence-electron chi connectivity index (χ4n) is 1.14. The van der Waals surface area contributed by atoms with Gasteiger partial charge in [-0.1, -0.05) is 0 Å². The van der Waals surface area contributed by atoms with E-state index in [0.717, 1.165) is 18.2 Å². The van der Waals surface area contributed by atoms with Gasteiger partial charge < -0.3 is 13.3 Å². The molecule has 13 heavy (non-hydrogen) atoms. The minimum Gasteiger partial charge on any atom is -0.377 e. The monoisotopic (exact) mass is 224 g/mol.